The lowest BCUT2D eigenvalue weighted by Crippen LogP contribution is -2.42. The Morgan fingerprint density at radius 2 is 1.70 bits per heavy atom. The van der Waals surface area contributed by atoms with Crippen molar-refractivity contribution in [3.63, 3.8) is 0 Å². The number of aliphatic hydroxyl groups excluding tert-OH is 1. The minimum atomic E-state index is -4.44. The molecule has 1 unspecified atom stereocenters. The molecule has 0 radical (unpaired) electrons. The second-order valence-electron chi connectivity index (χ2n) is 11.8. The van der Waals surface area contributed by atoms with Gasteiger partial charge in [-0.15, -0.1) is 0 Å². The number of amides is 1. The van der Waals surface area contributed by atoms with Crippen LogP contribution in [0.4, 0.5) is 13.2 Å². The van der Waals surface area contributed by atoms with Crippen LogP contribution in [0.1, 0.15) is 49.6 Å². The molecule has 2 aromatic heterocycles. The number of imidazole rings is 1. The number of rotatable bonds is 7. The number of halogens is 3. The van der Waals surface area contributed by atoms with Gasteiger partial charge >= 0.3 is 11.9 Å². The van der Waals surface area contributed by atoms with E-state index in [1.165, 1.54) is 19.1 Å². The second-order valence-corrected chi connectivity index (χ2v) is 11.8. The van der Waals surface area contributed by atoms with Crippen molar-refractivity contribution in [2.24, 2.45) is 0 Å². The Hall–Kier alpha value is -3.90. The summed E-state index contributed by atoms with van der Waals surface area (Å²) in [5.74, 6) is -0.0771. The van der Waals surface area contributed by atoms with Crippen molar-refractivity contribution < 1.29 is 23.1 Å². The van der Waals surface area contributed by atoms with Gasteiger partial charge in [-0.05, 0) is 44.0 Å². The number of nitrogens with zero attached hydrogens (tertiary/aromatic N) is 6. The Kier molecular flexibility index (Phi) is 8.14. The van der Waals surface area contributed by atoms with E-state index in [9.17, 15) is 27.9 Å². The summed E-state index contributed by atoms with van der Waals surface area (Å²) in [6, 6.07) is 12.9. The fraction of sp³-hybridized carbons (Fsp3) is 0.469. The SMILES string of the molecule is CCn1c(=O)n(C2CCN(CC(O)Cn3nc(-c4ccc(C(F)(F)F)cc4)c4c3CCN(C(C)=O)C4)CC2)c2ccccc21. The average Bonchev–Trinajstić information content (AvgIpc) is 3.50. The summed E-state index contributed by atoms with van der Waals surface area (Å²) >= 11 is 0. The van der Waals surface area contributed by atoms with Crippen LogP contribution in [-0.2, 0) is 37.0 Å². The van der Waals surface area contributed by atoms with Crippen LogP contribution in [0, 0.1) is 0 Å². The first-order chi connectivity index (χ1) is 21.0. The van der Waals surface area contributed by atoms with Crippen molar-refractivity contribution in [1.29, 1.82) is 0 Å². The van der Waals surface area contributed by atoms with E-state index >= 15 is 0 Å². The van der Waals surface area contributed by atoms with E-state index in [1.54, 1.807) is 9.58 Å². The summed E-state index contributed by atoms with van der Waals surface area (Å²) in [5, 5.41) is 15.9. The number of likely N-dealkylation sites (tertiary alicyclic amines) is 1. The Labute approximate surface area is 253 Å². The van der Waals surface area contributed by atoms with Gasteiger partial charge in [0.2, 0.25) is 5.91 Å². The van der Waals surface area contributed by atoms with Crippen LogP contribution < -0.4 is 5.69 Å². The monoisotopic (exact) mass is 610 g/mol. The van der Waals surface area contributed by atoms with Gasteiger partial charge in [0.25, 0.3) is 0 Å². The van der Waals surface area contributed by atoms with Crippen molar-refractivity contribution in [2.45, 2.75) is 71.1 Å². The third-order valence-corrected chi connectivity index (χ3v) is 9.03. The number of alkyl halides is 3. The molecule has 9 nitrogen and oxygen atoms in total. The molecule has 12 heteroatoms. The molecule has 1 fully saturated rings. The highest BCUT2D eigenvalue weighted by atomic mass is 19.4. The molecule has 0 saturated carbocycles. The van der Waals surface area contributed by atoms with Gasteiger partial charge in [-0.3, -0.25) is 18.6 Å². The molecule has 234 valence electrons. The first-order valence-electron chi connectivity index (χ1n) is 15.2. The normalized spacial score (nSPS) is 17.3. The van der Waals surface area contributed by atoms with Crippen molar-refractivity contribution in [3.8, 4) is 11.3 Å². The third-order valence-electron chi connectivity index (χ3n) is 9.03. The van der Waals surface area contributed by atoms with Crippen LogP contribution >= 0.6 is 0 Å². The van der Waals surface area contributed by atoms with Crippen molar-refractivity contribution in [3.05, 3.63) is 75.8 Å². The van der Waals surface area contributed by atoms with E-state index in [4.69, 9.17) is 5.10 Å². The number of hydrogen-bond donors (Lipinski definition) is 1. The van der Waals surface area contributed by atoms with Crippen LogP contribution in [0.25, 0.3) is 22.3 Å². The van der Waals surface area contributed by atoms with E-state index in [0.717, 1.165) is 60.4 Å². The molecule has 1 atom stereocenters. The molecule has 1 amide bonds. The van der Waals surface area contributed by atoms with Gasteiger partial charge in [-0.1, -0.05) is 24.3 Å². The van der Waals surface area contributed by atoms with E-state index < -0.39 is 17.8 Å². The molecule has 0 spiro atoms. The minimum absolute atomic E-state index is 0.0165. The van der Waals surface area contributed by atoms with Gasteiger partial charge < -0.3 is 14.9 Å². The fourth-order valence-corrected chi connectivity index (χ4v) is 6.77. The van der Waals surface area contributed by atoms with Crippen molar-refractivity contribution in [1.82, 2.24) is 28.7 Å². The lowest BCUT2D eigenvalue weighted by Gasteiger charge is -2.33. The van der Waals surface area contributed by atoms with Gasteiger partial charge in [-0.2, -0.15) is 18.3 Å². The predicted octanol–water partition coefficient (Wildman–Crippen LogP) is 4.31. The first kappa shape index (κ1) is 30.1. The van der Waals surface area contributed by atoms with Gasteiger partial charge in [-0.25, -0.2) is 4.79 Å². The molecule has 4 heterocycles. The van der Waals surface area contributed by atoms with Crippen LogP contribution in [0.3, 0.4) is 0 Å². The molecule has 0 bridgehead atoms. The number of fused-ring (bicyclic) bond motifs is 2. The predicted molar refractivity (Wildman–Crippen MR) is 160 cm³/mol. The summed E-state index contributed by atoms with van der Waals surface area (Å²) in [7, 11) is 0. The highest BCUT2D eigenvalue weighted by Gasteiger charge is 2.32. The molecule has 6 rings (SSSR count). The van der Waals surface area contributed by atoms with E-state index in [1.807, 2.05) is 40.3 Å². The minimum Gasteiger partial charge on any atom is -0.390 e. The highest BCUT2D eigenvalue weighted by Crippen LogP contribution is 2.34. The van der Waals surface area contributed by atoms with Crippen LogP contribution in [0.2, 0.25) is 0 Å². The largest absolute Gasteiger partial charge is 0.416 e. The summed E-state index contributed by atoms with van der Waals surface area (Å²) < 4.78 is 45.0. The van der Waals surface area contributed by atoms with Crippen LogP contribution in [0.15, 0.2) is 53.3 Å². The summed E-state index contributed by atoms with van der Waals surface area (Å²) in [4.78, 5) is 29.3. The van der Waals surface area contributed by atoms with Gasteiger partial charge in [0.05, 0.1) is 34.9 Å². The molecule has 1 N–H and O–H groups in total. The van der Waals surface area contributed by atoms with Crippen LogP contribution in [-0.4, -0.2) is 72.0 Å². The molecule has 0 aliphatic carbocycles. The lowest BCUT2D eigenvalue weighted by molar-refractivity contribution is -0.137. The van der Waals surface area contributed by atoms with Crippen molar-refractivity contribution >= 4 is 16.9 Å². The maximum Gasteiger partial charge on any atom is 0.416 e. The quantitative estimate of drug-likeness (QED) is 0.337. The van der Waals surface area contributed by atoms with Gasteiger partial charge in [0, 0.05) is 75.5 Å². The topological polar surface area (TPSA) is 88.5 Å². The average molecular weight is 611 g/mol. The Morgan fingerprint density at radius 3 is 2.34 bits per heavy atom. The number of piperidine rings is 1. The third kappa shape index (κ3) is 5.68. The maximum atomic E-state index is 13.2. The summed E-state index contributed by atoms with van der Waals surface area (Å²) in [6.45, 7) is 7.05. The second kappa shape index (κ2) is 11.9. The molecule has 2 aliphatic rings. The zero-order valence-electron chi connectivity index (χ0n) is 24.9. The molecule has 4 aromatic rings. The molecular formula is C32H37F3N6O3. The Morgan fingerprint density at radius 1 is 1.02 bits per heavy atom. The Bertz CT molecular complexity index is 1710. The summed E-state index contributed by atoms with van der Waals surface area (Å²) in [5.41, 5.74) is 3.94. The maximum absolute atomic E-state index is 13.2. The Balaban J connectivity index is 1.16. The number of benzene rings is 2. The standard InChI is InChI=1S/C32H37F3N6O3/c1-3-39-28-6-4-5-7-29(28)41(31(39)44)24-12-15-37(16-13-24)18-25(43)19-40-27-14-17-38(21(2)42)20-26(27)30(36-40)22-8-10-23(11-9-22)32(33,34)35/h4-11,24-25,43H,3,12-20H2,1-2H3. The molecule has 1 saturated heterocycles. The number of aromatic nitrogens is 4. The number of β-amino-alcohol motifs (C(OH)–C–C–N with tert-alkyl or cyclic N) is 1. The number of aliphatic hydroxyl groups is 1. The highest BCUT2D eigenvalue weighted by molar-refractivity contribution is 5.76. The van der Waals surface area contributed by atoms with E-state index in [-0.39, 0.29) is 24.2 Å². The number of para-hydroxylation sites is 2. The smallest absolute Gasteiger partial charge is 0.390 e. The van der Waals surface area contributed by atoms with E-state index in [2.05, 4.69) is 4.90 Å². The first-order valence-corrected chi connectivity index (χ1v) is 15.2. The lowest BCUT2D eigenvalue weighted by atomic mass is 10.00. The zero-order valence-corrected chi connectivity index (χ0v) is 24.9. The van der Waals surface area contributed by atoms with E-state index in [0.29, 0.717) is 43.9 Å². The van der Waals surface area contributed by atoms with Crippen LogP contribution in [0.5, 0.6) is 0 Å². The molecular weight excluding hydrogens is 573 g/mol. The molecule has 2 aliphatic heterocycles. The molecule has 44 heavy (non-hydrogen) atoms. The number of hydrogen-bond acceptors (Lipinski definition) is 5. The zero-order chi connectivity index (χ0) is 31.2. The van der Waals surface area contributed by atoms with Gasteiger partial charge in [0.1, 0.15) is 0 Å². The number of carbonyl (C=O) groups excluding carboxylic acids is 1. The molecule has 2 aromatic carbocycles. The number of carbonyl (C=O) groups is 1. The fourth-order valence-electron chi connectivity index (χ4n) is 6.77. The van der Waals surface area contributed by atoms with Gasteiger partial charge in [0.15, 0.2) is 0 Å². The number of aryl methyl sites for hydroxylation is 1. The van der Waals surface area contributed by atoms with Crippen molar-refractivity contribution in [2.75, 3.05) is 26.2 Å². The summed E-state index contributed by atoms with van der Waals surface area (Å²) in [6.07, 6.45) is -3.04.